The van der Waals surface area contributed by atoms with Gasteiger partial charge in [0.05, 0.1) is 7.11 Å². The van der Waals surface area contributed by atoms with Crippen LogP contribution in [0.1, 0.15) is 48.6 Å². The lowest BCUT2D eigenvalue weighted by Crippen LogP contribution is -2.30. The number of hydrogen-bond acceptors (Lipinski definition) is 4. The van der Waals surface area contributed by atoms with Gasteiger partial charge in [0.25, 0.3) is 0 Å². The molecule has 1 aliphatic heterocycles. The second-order valence-electron chi connectivity index (χ2n) is 7.18. The number of nitrogens with zero attached hydrogens (tertiary/aromatic N) is 1. The molecule has 0 fully saturated rings. The molecule has 5 nitrogen and oxygen atoms in total. The first-order chi connectivity index (χ1) is 15.2. The topological polar surface area (TPSA) is 55.8 Å². The minimum Gasteiger partial charge on any atom is -0.493 e. The minimum atomic E-state index is -0.209. The first kappa shape index (κ1) is 22.6. The average molecular weight is 421 g/mol. The third-order valence-corrected chi connectivity index (χ3v) is 5.20. The SMILES string of the molecule is CC.COc1cc(C(OC)c2c[nH]c3c2=CCCN=3)ccc1OCc1ccc(C)cc1. The van der Waals surface area contributed by atoms with Gasteiger partial charge in [-0.2, -0.15) is 0 Å². The van der Waals surface area contributed by atoms with Crippen LogP contribution in [0.4, 0.5) is 0 Å². The fraction of sp³-hybridized carbons (Fsp3) is 0.346. The van der Waals surface area contributed by atoms with Gasteiger partial charge < -0.3 is 19.2 Å². The summed E-state index contributed by atoms with van der Waals surface area (Å²) in [6, 6.07) is 14.3. The number of hydrogen-bond donors (Lipinski definition) is 1. The molecule has 1 atom stereocenters. The molecule has 0 saturated heterocycles. The Hall–Kier alpha value is -3.05. The Kier molecular flexibility index (Phi) is 7.90. The van der Waals surface area contributed by atoms with E-state index < -0.39 is 0 Å². The molecule has 1 N–H and O–H groups in total. The fourth-order valence-electron chi connectivity index (χ4n) is 3.64. The van der Waals surface area contributed by atoms with E-state index in [1.165, 1.54) is 5.56 Å². The van der Waals surface area contributed by atoms with E-state index in [1.54, 1.807) is 14.2 Å². The predicted molar refractivity (Wildman–Crippen MR) is 124 cm³/mol. The van der Waals surface area contributed by atoms with E-state index in [2.05, 4.69) is 47.2 Å². The summed E-state index contributed by atoms with van der Waals surface area (Å²) in [7, 11) is 3.38. The van der Waals surface area contributed by atoms with Gasteiger partial charge in [0.2, 0.25) is 0 Å². The van der Waals surface area contributed by atoms with E-state index in [-0.39, 0.29) is 6.10 Å². The number of rotatable bonds is 7. The number of ether oxygens (including phenoxy) is 3. The van der Waals surface area contributed by atoms with Crippen LogP contribution in [0, 0.1) is 6.92 Å². The number of methoxy groups -OCH3 is 2. The number of aromatic amines is 1. The Morgan fingerprint density at radius 3 is 2.52 bits per heavy atom. The minimum absolute atomic E-state index is 0.209. The van der Waals surface area contributed by atoms with Crippen molar-refractivity contribution in [3.05, 3.63) is 81.6 Å². The monoisotopic (exact) mass is 420 g/mol. The van der Waals surface area contributed by atoms with Gasteiger partial charge in [-0.05, 0) is 36.6 Å². The van der Waals surface area contributed by atoms with Gasteiger partial charge in [0.15, 0.2) is 11.5 Å². The molecule has 3 aromatic rings. The summed E-state index contributed by atoms with van der Waals surface area (Å²) in [5.74, 6) is 1.40. The van der Waals surface area contributed by atoms with Crippen LogP contribution in [0.3, 0.4) is 0 Å². The molecule has 164 valence electrons. The molecule has 0 bridgehead atoms. The maximum Gasteiger partial charge on any atom is 0.161 e. The molecule has 0 aliphatic carbocycles. The van der Waals surface area contributed by atoms with Gasteiger partial charge >= 0.3 is 0 Å². The Labute approximate surface area is 184 Å². The highest BCUT2D eigenvalue weighted by Crippen LogP contribution is 2.33. The van der Waals surface area contributed by atoms with E-state index in [4.69, 9.17) is 14.2 Å². The quantitative estimate of drug-likeness (QED) is 0.613. The lowest BCUT2D eigenvalue weighted by atomic mass is 10.0. The summed E-state index contributed by atoms with van der Waals surface area (Å²) in [6.07, 6.45) is 4.94. The summed E-state index contributed by atoms with van der Waals surface area (Å²) in [4.78, 5) is 7.80. The highest BCUT2D eigenvalue weighted by molar-refractivity contribution is 5.46. The molecule has 1 aliphatic rings. The van der Waals surface area contributed by atoms with Crippen molar-refractivity contribution in [3.8, 4) is 11.5 Å². The lowest BCUT2D eigenvalue weighted by Gasteiger charge is -2.18. The number of fused-ring (bicyclic) bond motifs is 1. The summed E-state index contributed by atoms with van der Waals surface area (Å²) in [5, 5.41) is 1.13. The zero-order valence-corrected chi connectivity index (χ0v) is 19.1. The Morgan fingerprint density at radius 2 is 1.81 bits per heavy atom. The van der Waals surface area contributed by atoms with E-state index >= 15 is 0 Å². The van der Waals surface area contributed by atoms with Crippen LogP contribution in [-0.2, 0) is 11.3 Å². The van der Waals surface area contributed by atoms with Crippen molar-refractivity contribution in [1.29, 1.82) is 0 Å². The van der Waals surface area contributed by atoms with Gasteiger partial charge in [0, 0.05) is 30.6 Å². The molecule has 0 radical (unpaired) electrons. The Balaban J connectivity index is 0.00000132. The van der Waals surface area contributed by atoms with Gasteiger partial charge in [0.1, 0.15) is 18.2 Å². The van der Waals surface area contributed by atoms with Gasteiger partial charge in [-0.3, -0.25) is 4.99 Å². The van der Waals surface area contributed by atoms with Gasteiger partial charge in [-0.1, -0.05) is 55.8 Å². The fourth-order valence-corrected chi connectivity index (χ4v) is 3.64. The molecule has 2 heterocycles. The molecular formula is C26H32N2O3. The van der Waals surface area contributed by atoms with Crippen molar-refractivity contribution in [3.63, 3.8) is 0 Å². The van der Waals surface area contributed by atoms with Crippen molar-refractivity contribution in [2.75, 3.05) is 20.8 Å². The van der Waals surface area contributed by atoms with Crippen molar-refractivity contribution in [2.24, 2.45) is 4.99 Å². The summed E-state index contributed by atoms with van der Waals surface area (Å²) >= 11 is 0. The second-order valence-corrected chi connectivity index (χ2v) is 7.18. The average Bonchev–Trinajstić information content (AvgIpc) is 3.25. The van der Waals surface area contributed by atoms with Gasteiger partial charge in [-0.15, -0.1) is 0 Å². The molecule has 31 heavy (non-hydrogen) atoms. The van der Waals surface area contributed by atoms with E-state index in [0.29, 0.717) is 18.1 Å². The van der Waals surface area contributed by atoms with Crippen LogP contribution in [0.15, 0.2) is 53.7 Å². The maximum absolute atomic E-state index is 6.01. The van der Waals surface area contributed by atoms with Crippen LogP contribution in [0.25, 0.3) is 6.08 Å². The first-order valence-electron chi connectivity index (χ1n) is 10.8. The van der Waals surface area contributed by atoms with Crippen molar-refractivity contribution in [1.82, 2.24) is 4.98 Å². The van der Waals surface area contributed by atoms with E-state index in [9.17, 15) is 0 Å². The number of aromatic nitrogens is 1. The standard InChI is InChI=1S/C24H26N2O3.C2H6/c1-16-6-8-17(9-7-16)15-29-21-11-10-18(13-22(21)27-2)23(28-3)20-14-26-24-19(20)5-4-12-25-24;1-2/h5-11,13-14,23H,4,12,15H2,1-3H3,(H,25,26);1-2H3. The first-order valence-corrected chi connectivity index (χ1v) is 10.8. The van der Waals surface area contributed by atoms with Crippen LogP contribution >= 0.6 is 0 Å². The van der Waals surface area contributed by atoms with Crippen LogP contribution < -0.4 is 20.2 Å². The molecule has 1 aromatic heterocycles. The Bertz CT molecular complexity index is 1100. The maximum atomic E-state index is 6.01. The smallest absolute Gasteiger partial charge is 0.161 e. The van der Waals surface area contributed by atoms with Crippen LogP contribution in [-0.4, -0.2) is 25.7 Å². The summed E-state index contributed by atoms with van der Waals surface area (Å²) < 4.78 is 17.5. The molecule has 1 unspecified atom stereocenters. The number of aryl methyl sites for hydroxylation is 1. The normalized spacial score (nSPS) is 13.1. The molecule has 5 heteroatoms. The Morgan fingerprint density at radius 1 is 1.03 bits per heavy atom. The molecule has 2 aromatic carbocycles. The zero-order chi connectivity index (χ0) is 22.2. The van der Waals surface area contributed by atoms with Gasteiger partial charge in [-0.25, -0.2) is 0 Å². The number of H-pyrrole nitrogens is 1. The third-order valence-electron chi connectivity index (χ3n) is 5.20. The molecule has 0 saturated carbocycles. The van der Waals surface area contributed by atoms with Crippen molar-refractivity contribution in [2.45, 2.75) is 39.9 Å². The largest absolute Gasteiger partial charge is 0.493 e. The summed E-state index contributed by atoms with van der Waals surface area (Å²) in [5.41, 5.74) is 5.38. The van der Waals surface area contributed by atoms with Crippen molar-refractivity contribution < 1.29 is 14.2 Å². The number of benzene rings is 2. The van der Waals surface area contributed by atoms with E-state index in [1.807, 2.05) is 38.2 Å². The molecular weight excluding hydrogens is 388 g/mol. The number of nitrogens with one attached hydrogen (secondary N) is 1. The molecule has 4 rings (SSSR count). The lowest BCUT2D eigenvalue weighted by molar-refractivity contribution is 0.135. The van der Waals surface area contributed by atoms with Crippen molar-refractivity contribution >= 4 is 6.08 Å². The van der Waals surface area contributed by atoms with E-state index in [0.717, 1.165) is 40.4 Å². The zero-order valence-electron chi connectivity index (χ0n) is 19.1. The summed E-state index contributed by atoms with van der Waals surface area (Å²) in [6.45, 7) is 7.39. The van der Waals surface area contributed by atoms with Crippen LogP contribution in [0.2, 0.25) is 0 Å². The second kappa shape index (κ2) is 10.8. The molecule has 0 spiro atoms. The predicted octanol–water partition coefficient (Wildman–Crippen LogP) is 4.48. The molecule has 0 amide bonds. The highest BCUT2D eigenvalue weighted by atomic mass is 16.5. The van der Waals surface area contributed by atoms with Crippen LogP contribution in [0.5, 0.6) is 11.5 Å². The highest BCUT2D eigenvalue weighted by Gasteiger charge is 2.19. The third kappa shape index (κ3) is 5.17.